The fourth-order valence-corrected chi connectivity index (χ4v) is 4.47. The lowest BCUT2D eigenvalue weighted by Gasteiger charge is -2.28. The lowest BCUT2D eigenvalue weighted by atomic mass is 10.3. The molecule has 0 saturated heterocycles. The molecule has 3 nitrogen and oxygen atoms in total. The van der Waals surface area contributed by atoms with Gasteiger partial charge in [0, 0.05) is 14.7 Å². The zero-order chi connectivity index (χ0) is 16.3. The third-order valence-electron chi connectivity index (χ3n) is 2.50. The summed E-state index contributed by atoms with van der Waals surface area (Å²) in [4.78, 5) is 0. The molecule has 0 aromatic heterocycles. The summed E-state index contributed by atoms with van der Waals surface area (Å²) in [6, 6.07) is 7.86. The van der Waals surface area contributed by atoms with Crippen LogP contribution in [0.15, 0.2) is 30.3 Å². The first kappa shape index (κ1) is 18.3. The van der Waals surface area contributed by atoms with E-state index in [4.69, 9.17) is 9.05 Å². The van der Waals surface area contributed by atoms with Crippen molar-refractivity contribution in [2.75, 3.05) is 6.66 Å². The summed E-state index contributed by atoms with van der Waals surface area (Å²) in [5, 5.41) is 0. The van der Waals surface area contributed by atoms with E-state index in [1.54, 1.807) is 37.8 Å². The second-order valence-electron chi connectivity index (χ2n) is 6.08. The molecule has 1 aromatic rings. The van der Waals surface area contributed by atoms with Crippen LogP contribution >= 0.6 is 7.60 Å². The van der Waals surface area contributed by atoms with Gasteiger partial charge in [0.25, 0.3) is 0 Å². The van der Waals surface area contributed by atoms with E-state index in [-0.39, 0.29) is 11.8 Å². The van der Waals surface area contributed by atoms with Gasteiger partial charge in [-0.2, -0.15) is 13.2 Å². The number of benzene rings is 1. The first-order valence-corrected chi connectivity index (χ1v) is 12.2. The second-order valence-corrected chi connectivity index (χ2v) is 13.5. The largest absolute Gasteiger partial charge is 0.425 e. The van der Waals surface area contributed by atoms with Gasteiger partial charge in [-0.25, -0.2) is 4.57 Å². The Balaban J connectivity index is 2.84. The average Bonchev–Trinajstić information content (AvgIpc) is 2.25. The molecule has 2 unspecified atom stereocenters. The van der Waals surface area contributed by atoms with Gasteiger partial charge < -0.3 is 4.52 Å². The minimum atomic E-state index is -4.56. The van der Waals surface area contributed by atoms with Crippen LogP contribution in [0.2, 0.25) is 25.7 Å². The molecule has 0 heterocycles. The van der Waals surface area contributed by atoms with E-state index in [0.29, 0.717) is 0 Å². The lowest BCUT2D eigenvalue weighted by molar-refractivity contribution is -0.190. The monoisotopic (exact) mass is 340 g/mol. The second kappa shape index (κ2) is 6.54. The number of halogens is 3. The van der Waals surface area contributed by atoms with Crippen LogP contribution in [0.3, 0.4) is 0 Å². The summed E-state index contributed by atoms with van der Waals surface area (Å²) in [7, 11) is -5.89. The van der Waals surface area contributed by atoms with E-state index in [0.717, 1.165) is 6.66 Å². The predicted octanol–water partition coefficient (Wildman–Crippen LogP) is 5.17. The molecular weight excluding hydrogens is 320 g/mol. The van der Waals surface area contributed by atoms with Crippen molar-refractivity contribution in [2.24, 2.45) is 0 Å². The Morgan fingerprint density at radius 1 is 1.19 bits per heavy atom. The molecule has 120 valence electrons. The van der Waals surface area contributed by atoms with Crippen LogP contribution in [0.5, 0.6) is 5.75 Å². The topological polar surface area (TPSA) is 35.5 Å². The Labute approximate surface area is 124 Å². The summed E-state index contributed by atoms with van der Waals surface area (Å²) in [5.41, 5.74) is 0. The first-order chi connectivity index (χ1) is 9.39. The van der Waals surface area contributed by atoms with E-state index in [9.17, 15) is 17.7 Å². The fraction of sp³-hybridized carbons (Fsp3) is 0.538. The number of alkyl halides is 3. The Bertz CT molecular complexity index is 500. The van der Waals surface area contributed by atoms with Gasteiger partial charge in [0.1, 0.15) is 5.75 Å². The zero-order valence-corrected chi connectivity index (χ0v) is 14.4. The maximum absolute atomic E-state index is 13.0. The Hall–Kier alpha value is -0.783. The van der Waals surface area contributed by atoms with Crippen molar-refractivity contribution in [3.05, 3.63) is 30.3 Å². The Morgan fingerprint density at radius 2 is 1.71 bits per heavy atom. The number of hydrogen-bond donors (Lipinski definition) is 0. The van der Waals surface area contributed by atoms with E-state index in [1.165, 1.54) is 12.1 Å². The van der Waals surface area contributed by atoms with Crippen molar-refractivity contribution in [3.8, 4) is 5.75 Å². The third-order valence-corrected chi connectivity index (χ3v) is 5.27. The molecule has 0 radical (unpaired) electrons. The van der Waals surface area contributed by atoms with Gasteiger partial charge in [-0.15, -0.1) is 0 Å². The first-order valence-electron chi connectivity index (χ1n) is 6.46. The molecule has 1 rings (SSSR count). The molecule has 0 spiro atoms. The molecule has 0 N–H and O–H groups in total. The van der Waals surface area contributed by atoms with E-state index in [1.807, 2.05) is 0 Å². The van der Waals surface area contributed by atoms with Gasteiger partial charge in [-0.3, -0.25) is 4.52 Å². The highest BCUT2D eigenvalue weighted by atomic mass is 31.2. The van der Waals surface area contributed by atoms with Crippen molar-refractivity contribution in [3.63, 3.8) is 0 Å². The van der Waals surface area contributed by atoms with Crippen LogP contribution in [0.4, 0.5) is 13.2 Å². The minimum absolute atomic E-state index is 0.160. The summed E-state index contributed by atoms with van der Waals surface area (Å²) >= 11 is 0. The van der Waals surface area contributed by atoms with Gasteiger partial charge >= 0.3 is 13.8 Å². The molecule has 2 atom stereocenters. The molecular formula is C13H20F3O3PSi. The summed E-state index contributed by atoms with van der Waals surface area (Å²) in [6.45, 7) is 6.46. The third kappa shape index (κ3) is 7.15. The van der Waals surface area contributed by atoms with Gasteiger partial charge in [0.15, 0.2) is 6.10 Å². The normalized spacial score (nSPS) is 17.1. The van der Waals surface area contributed by atoms with Crippen molar-refractivity contribution >= 4 is 15.7 Å². The smallest absolute Gasteiger partial charge is 0.414 e. The van der Waals surface area contributed by atoms with Crippen molar-refractivity contribution < 1.29 is 26.8 Å². The SMILES string of the molecule is C[Si](C)(C)CC(OP(C)(=O)Oc1ccccc1)C(F)(F)F. The molecule has 0 aliphatic rings. The molecule has 8 heteroatoms. The van der Waals surface area contributed by atoms with Gasteiger partial charge in [0.2, 0.25) is 0 Å². The van der Waals surface area contributed by atoms with E-state index in [2.05, 4.69) is 0 Å². The number of rotatable bonds is 6. The van der Waals surface area contributed by atoms with Crippen LogP contribution in [0.25, 0.3) is 0 Å². The fourth-order valence-electron chi connectivity index (χ4n) is 1.69. The zero-order valence-electron chi connectivity index (χ0n) is 12.5. The van der Waals surface area contributed by atoms with Crippen LogP contribution in [-0.2, 0) is 9.09 Å². The highest BCUT2D eigenvalue weighted by Gasteiger charge is 2.46. The van der Waals surface area contributed by atoms with Crippen LogP contribution in [-0.4, -0.2) is 27.0 Å². The number of hydrogen-bond acceptors (Lipinski definition) is 3. The van der Waals surface area contributed by atoms with Crippen LogP contribution < -0.4 is 4.52 Å². The Morgan fingerprint density at radius 3 is 2.14 bits per heavy atom. The molecule has 0 saturated carbocycles. The average molecular weight is 340 g/mol. The maximum atomic E-state index is 13.0. The van der Waals surface area contributed by atoms with Crippen LogP contribution in [0, 0.1) is 0 Å². The molecule has 0 aliphatic heterocycles. The molecule has 0 aliphatic carbocycles. The van der Waals surface area contributed by atoms with E-state index < -0.39 is 27.9 Å². The standard InChI is InChI=1S/C13H20F3O3PSi/c1-20(17,18-11-8-6-5-7-9-11)19-12(13(14,15)16)10-21(2,3)4/h5-9,12H,10H2,1-4H3. The molecule has 0 bridgehead atoms. The highest BCUT2D eigenvalue weighted by Crippen LogP contribution is 2.49. The van der Waals surface area contributed by atoms with Crippen LogP contribution in [0.1, 0.15) is 0 Å². The van der Waals surface area contributed by atoms with Gasteiger partial charge in [-0.05, 0) is 18.2 Å². The predicted molar refractivity (Wildman–Crippen MR) is 79.7 cm³/mol. The Kier molecular flexibility index (Phi) is 5.69. The van der Waals surface area contributed by atoms with Crippen molar-refractivity contribution in [2.45, 2.75) is 38.0 Å². The molecule has 21 heavy (non-hydrogen) atoms. The van der Waals surface area contributed by atoms with Crippen molar-refractivity contribution in [1.29, 1.82) is 0 Å². The molecule has 1 aromatic carbocycles. The molecule has 0 amide bonds. The van der Waals surface area contributed by atoms with Gasteiger partial charge in [-0.1, -0.05) is 37.8 Å². The summed E-state index contributed by atoms with van der Waals surface area (Å²) < 4.78 is 61.2. The summed E-state index contributed by atoms with van der Waals surface area (Å²) in [5.74, 6) is 0.220. The quantitative estimate of drug-likeness (QED) is 0.529. The highest BCUT2D eigenvalue weighted by molar-refractivity contribution is 7.53. The minimum Gasteiger partial charge on any atom is -0.425 e. The van der Waals surface area contributed by atoms with Gasteiger partial charge in [0.05, 0.1) is 0 Å². The maximum Gasteiger partial charge on any atom is 0.414 e. The van der Waals surface area contributed by atoms with E-state index >= 15 is 0 Å². The summed E-state index contributed by atoms with van der Waals surface area (Å²) in [6.07, 6.45) is -6.63. The lowest BCUT2D eigenvalue weighted by Crippen LogP contribution is -2.38. The molecule has 0 fully saturated rings. The number of para-hydroxylation sites is 1. The van der Waals surface area contributed by atoms with Crippen molar-refractivity contribution in [1.82, 2.24) is 0 Å².